The minimum Gasteiger partial charge on any atom is -0.392 e. The normalized spacial score (nSPS) is 42.7. The number of hydrogen-bond donors (Lipinski definition) is 1. The third-order valence-corrected chi connectivity index (χ3v) is 12.2. The highest BCUT2D eigenvalue weighted by Crippen LogP contribution is 2.72. The van der Waals surface area contributed by atoms with Crippen LogP contribution in [0.3, 0.4) is 0 Å². The maximum absolute atomic E-state index is 9.35. The molecule has 1 N–H and O–H groups in total. The second-order valence-corrected chi connectivity index (χ2v) is 14.0. The molecule has 1 heterocycles. The van der Waals surface area contributed by atoms with Crippen molar-refractivity contribution >= 4 is 0 Å². The fraction of sp³-hybridized carbons (Fsp3) is 0.812. The number of ether oxygens (including phenoxy) is 2. The first kappa shape index (κ1) is 25.7. The molecule has 0 aromatic carbocycles. The first-order chi connectivity index (χ1) is 16.5. The van der Waals surface area contributed by atoms with E-state index >= 15 is 0 Å². The van der Waals surface area contributed by atoms with E-state index in [4.69, 9.17) is 9.47 Å². The Labute approximate surface area is 214 Å². The molecule has 6 atom stereocenters. The summed E-state index contributed by atoms with van der Waals surface area (Å²) in [5, 5.41) is 9.35. The Balaban J connectivity index is 1.43. The Morgan fingerprint density at radius 1 is 1.06 bits per heavy atom. The van der Waals surface area contributed by atoms with Gasteiger partial charge in [-0.3, -0.25) is 0 Å². The lowest BCUT2D eigenvalue weighted by Crippen LogP contribution is -2.60. The van der Waals surface area contributed by atoms with Crippen LogP contribution in [0.15, 0.2) is 34.9 Å². The molecule has 4 aliphatic carbocycles. The zero-order chi connectivity index (χ0) is 25.3. The summed E-state index contributed by atoms with van der Waals surface area (Å²) in [6.45, 7) is 18.8. The molecule has 3 fully saturated rings. The molecule has 0 bridgehead atoms. The van der Waals surface area contributed by atoms with Gasteiger partial charge in [0.25, 0.3) is 0 Å². The fourth-order valence-electron chi connectivity index (χ4n) is 9.71. The van der Waals surface area contributed by atoms with E-state index in [-0.39, 0.29) is 22.9 Å². The minimum atomic E-state index is -0.396. The van der Waals surface area contributed by atoms with Gasteiger partial charge in [0, 0.05) is 11.8 Å². The van der Waals surface area contributed by atoms with Gasteiger partial charge in [-0.1, -0.05) is 65.3 Å². The van der Waals surface area contributed by atoms with Gasteiger partial charge in [0.2, 0.25) is 0 Å². The van der Waals surface area contributed by atoms with Crippen molar-refractivity contribution in [3.05, 3.63) is 34.9 Å². The summed E-state index contributed by atoms with van der Waals surface area (Å²) in [6, 6.07) is 0. The zero-order valence-electron chi connectivity index (χ0n) is 23.5. The van der Waals surface area contributed by atoms with E-state index < -0.39 is 5.79 Å². The molecule has 1 aliphatic heterocycles. The molecular formula is C32H50O3. The predicted octanol–water partition coefficient (Wildman–Crippen LogP) is 7.61. The summed E-state index contributed by atoms with van der Waals surface area (Å²) in [7, 11) is 0. The maximum Gasteiger partial charge on any atom is 0.173 e. The molecule has 0 aromatic heterocycles. The van der Waals surface area contributed by atoms with Gasteiger partial charge in [0.05, 0.1) is 19.8 Å². The van der Waals surface area contributed by atoms with Crippen LogP contribution in [-0.4, -0.2) is 30.7 Å². The standard InChI is InChI=1S/C32H50O3/c1-22(21-33)9-8-10-23(2)24-13-15-31(7)26-11-12-27-28(3,4)32(34-19-20-35-32)18-17-29(27,5)25(26)14-16-30(24,31)6/h9,11,14,23-24,27,33H,8,10,12-13,15-21H2,1-7H3/b22-9+/t23-,24-,27?,29-,30-,31+/m1/s1. The van der Waals surface area contributed by atoms with E-state index in [0.29, 0.717) is 17.3 Å². The third kappa shape index (κ3) is 3.47. The topological polar surface area (TPSA) is 38.7 Å². The van der Waals surface area contributed by atoms with E-state index in [0.717, 1.165) is 50.4 Å². The molecule has 3 heteroatoms. The molecule has 0 amide bonds. The molecule has 5 aliphatic rings. The maximum atomic E-state index is 9.35. The number of rotatable bonds is 5. The van der Waals surface area contributed by atoms with Gasteiger partial charge in [-0.25, -0.2) is 0 Å². The van der Waals surface area contributed by atoms with Crippen molar-refractivity contribution in [3.8, 4) is 0 Å². The van der Waals surface area contributed by atoms with Gasteiger partial charge in [0.1, 0.15) is 0 Å². The molecule has 1 spiro atoms. The largest absolute Gasteiger partial charge is 0.392 e. The summed E-state index contributed by atoms with van der Waals surface area (Å²) in [5.74, 6) is 1.61. The van der Waals surface area contributed by atoms with Gasteiger partial charge >= 0.3 is 0 Å². The average Bonchev–Trinajstić information content (AvgIpc) is 3.40. The number of fused-ring (bicyclic) bond motifs is 5. The van der Waals surface area contributed by atoms with Crippen molar-refractivity contribution in [2.45, 2.75) is 106 Å². The molecule has 1 saturated heterocycles. The molecule has 196 valence electrons. The zero-order valence-corrected chi connectivity index (χ0v) is 23.5. The fourth-order valence-corrected chi connectivity index (χ4v) is 9.71. The van der Waals surface area contributed by atoms with Gasteiger partial charge < -0.3 is 14.6 Å². The number of aliphatic hydroxyl groups excluding tert-OH is 1. The van der Waals surface area contributed by atoms with Crippen LogP contribution in [0.4, 0.5) is 0 Å². The number of aliphatic hydroxyl groups is 1. The van der Waals surface area contributed by atoms with Gasteiger partial charge in [-0.15, -0.1) is 0 Å². The van der Waals surface area contributed by atoms with Crippen molar-refractivity contribution in [1.29, 1.82) is 0 Å². The van der Waals surface area contributed by atoms with Crippen LogP contribution in [0.2, 0.25) is 0 Å². The Hall–Kier alpha value is -0.900. The van der Waals surface area contributed by atoms with Crippen LogP contribution in [0.5, 0.6) is 0 Å². The Kier molecular flexibility index (Phi) is 6.30. The lowest BCUT2D eigenvalue weighted by Gasteiger charge is -2.63. The lowest BCUT2D eigenvalue weighted by molar-refractivity contribution is -0.279. The third-order valence-electron chi connectivity index (χ3n) is 12.2. The van der Waals surface area contributed by atoms with E-state index in [9.17, 15) is 5.11 Å². The molecular weight excluding hydrogens is 432 g/mol. The second-order valence-electron chi connectivity index (χ2n) is 14.0. The van der Waals surface area contributed by atoms with Crippen molar-refractivity contribution in [3.63, 3.8) is 0 Å². The molecule has 35 heavy (non-hydrogen) atoms. The highest BCUT2D eigenvalue weighted by molar-refractivity contribution is 5.50. The highest BCUT2D eigenvalue weighted by Gasteiger charge is 2.66. The molecule has 0 aromatic rings. The van der Waals surface area contributed by atoms with Gasteiger partial charge in [0.15, 0.2) is 5.79 Å². The summed E-state index contributed by atoms with van der Waals surface area (Å²) in [6.07, 6.45) is 17.1. The molecule has 0 radical (unpaired) electrons. The van der Waals surface area contributed by atoms with E-state index in [1.807, 2.05) is 6.92 Å². The van der Waals surface area contributed by atoms with Crippen molar-refractivity contribution < 1.29 is 14.6 Å². The molecule has 3 nitrogen and oxygen atoms in total. The Morgan fingerprint density at radius 3 is 2.46 bits per heavy atom. The number of allylic oxidation sites excluding steroid dienone is 5. The molecule has 1 unspecified atom stereocenters. The lowest BCUT2D eigenvalue weighted by atomic mass is 9.43. The van der Waals surface area contributed by atoms with Crippen molar-refractivity contribution in [1.82, 2.24) is 0 Å². The predicted molar refractivity (Wildman–Crippen MR) is 143 cm³/mol. The van der Waals surface area contributed by atoms with Crippen molar-refractivity contribution in [2.24, 2.45) is 39.4 Å². The van der Waals surface area contributed by atoms with Gasteiger partial charge in [-0.2, -0.15) is 0 Å². The van der Waals surface area contributed by atoms with Crippen LogP contribution in [0.25, 0.3) is 0 Å². The summed E-state index contributed by atoms with van der Waals surface area (Å²) < 4.78 is 12.7. The highest BCUT2D eigenvalue weighted by atomic mass is 16.7. The van der Waals surface area contributed by atoms with Crippen LogP contribution in [0, 0.1) is 39.4 Å². The first-order valence-corrected chi connectivity index (χ1v) is 14.4. The summed E-state index contributed by atoms with van der Waals surface area (Å²) >= 11 is 0. The van der Waals surface area contributed by atoms with Crippen LogP contribution < -0.4 is 0 Å². The van der Waals surface area contributed by atoms with Crippen LogP contribution in [0.1, 0.15) is 99.8 Å². The van der Waals surface area contributed by atoms with Crippen molar-refractivity contribution in [2.75, 3.05) is 19.8 Å². The van der Waals surface area contributed by atoms with Crippen LogP contribution in [-0.2, 0) is 9.47 Å². The summed E-state index contributed by atoms with van der Waals surface area (Å²) in [5.41, 5.74) is 5.25. The minimum absolute atomic E-state index is 0.00598. The smallest absolute Gasteiger partial charge is 0.173 e. The quantitative estimate of drug-likeness (QED) is 0.410. The first-order valence-electron chi connectivity index (χ1n) is 14.4. The summed E-state index contributed by atoms with van der Waals surface area (Å²) in [4.78, 5) is 0. The van der Waals surface area contributed by atoms with Gasteiger partial charge in [-0.05, 0) is 97.0 Å². The Bertz CT molecular complexity index is 934. The number of hydrogen-bond acceptors (Lipinski definition) is 3. The SMILES string of the molecule is C/C(=C\CC[C@@H](C)[C@H]1CC[C@@]2(C)C3=CCC4C(C)(C)C5(CC[C@]4(C)C3=CC[C@]12C)OCCO5)CO. The average molecular weight is 483 g/mol. The Morgan fingerprint density at radius 2 is 1.77 bits per heavy atom. The second kappa shape index (κ2) is 8.57. The monoisotopic (exact) mass is 482 g/mol. The molecule has 2 saturated carbocycles. The van der Waals surface area contributed by atoms with Crippen LogP contribution >= 0.6 is 0 Å². The van der Waals surface area contributed by atoms with E-state index in [1.54, 1.807) is 11.1 Å². The molecule has 5 rings (SSSR count). The van der Waals surface area contributed by atoms with E-state index in [1.165, 1.54) is 25.7 Å². The van der Waals surface area contributed by atoms with E-state index in [2.05, 4.69) is 59.8 Å².